The molecule has 1 saturated heterocycles. The number of amides is 1. The summed E-state index contributed by atoms with van der Waals surface area (Å²) in [5, 5.41) is 3.94. The van der Waals surface area contributed by atoms with Crippen molar-refractivity contribution in [2.45, 2.75) is 32.0 Å². The number of hydrogen-bond acceptors (Lipinski definition) is 3. The summed E-state index contributed by atoms with van der Waals surface area (Å²) in [6.07, 6.45) is -2.72. The van der Waals surface area contributed by atoms with Gasteiger partial charge in [0.15, 0.2) is 11.3 Å². The molecule has 0 spiro atoms. The first kappa shape index (κ1) is 15.1. The molecule has 9 heteroatoms. The standard InChI is InChI=1S/C13H12ClF3N4O/c14-9-4-5-10-18-12(13(15,16)17)8(21(10)19-9)7-20-6-2-1-3-11(20)22/h4-5H,1-3,6-7H2. The molecular formula is C13H12ClF3N4O. The molecule has 118 valence electrons. The maximum Gasteiger partial charge on any atom is 0.435 e. The Hall–Kier alpha value is -1.83. The molecule has 22 heavy (non-hydrogen) atoms. The third-order valence-electron chi connectivity index (χ3n) is 3.57. The molecule has 2 aromatic rings. The van der Waals surface area contributed by atoms with Gasteiger partial charge >= 0.3 is 6.18 Å². The molecule has 0 bridgehead atoms. The van der Waals surface area contributed by atoms with Crippen molar-refractivity contribution in [3.63, 3.8) is 0 Å². The Morgan fingerprint density at radius 2 is 2.05 bits per heavy atom. The van der Waals surface area contributed by atoms with E-state index in [9.17, 15) is 18.0 Å². The Morgan fingerprint density at radius 3 is 2.73 bits per heavy atom. The minimum atomic E-state index is -4.62. The third kappa shape index (κ3) is 2.75. The van der Waals surface area contributed by atoms with Crippen LogP contribution in [0.15, 0.2) is 12.1 Å². The van der Waals surface area contributed by atoms with Crippen LogP contribution in [0.4, 0.5) is 13.2 Å². The van der Waals surface area contributed by atoms with Crippen LogP contribution in [-0.2, 0) is 17.5 Å². The first-order valence-electron chi connectivity index (χ1n) is 6.75. The molecule has 1 amide bonds. The second kappa shape index (κ2) is 5.42. The minimum Gasteiger partial charge on any atom is -0.337 e. The summed E-state index contributed by atoms with van der Waals surface area (Å²) in [5.41, 5.74) is -1.14. The van der Waals surface area contributed by atoms with E-state index < -0.39 is 11.9 Å². The fourth-order valence-electron chi connectivity index (χ4n) is 2.54. The van der Waals surface area contributed by atoms with Crippen molar-refractivity contribution in [2.24, 2.45) is 0 Å². The number of likely N-dealkylation sites (tertiary alicyclic amines) is 1. The fourth-order valence-corrected chi connectivity index (χ4v) is 2.67. The van der Waals surface area contributed by atoms with Crippen LogP contribution in [0.5, 0.6) is 0 Å². The summed E-state index contributed by atoms with van der Waals surface area (Å²) in [5.74, 6) is -0.156. The van der Waals surface area contributed by atoms with Crippen LogP contribution < -0.4 is 0 Å². The molecule has 0 aliphatic carbocycles. The van der Waals surface area contributed by atoms with E-state index >= 15 is 0 Å². The molecule has 5 nitrogen and oxygen atoms in total. The van der Waals surface area contributed by atoms with Crippen LogP contribution >= 0.6 is 11.6 Å². The molecule has 0 aromatic carbocycles. The molecule has 0 atom stereocenters. The Balaban J connectivity index is 2.08. The number of carbonyl (C=O) groups excluding carboxylic acids is 1. The highest BCUT2D eigenvalue weighted by Gasteiger charge is 2.39. The molecule has 1 aliphatic rings. The number of imidazole rings is 1. The first-order chi connectivity index (χ1) is 10.4. The summed E-state index contributed by atoms with van der Waals surface area (Å²) in [6, 6.07) is 2.74. The summed E-state index contributed by atoms with van der Waals surface area (Å²) < 4.78 is 40.7. The van der Waals surface area contributed by atoms with Gasteiger partial charge in [-0.2, -0.15) is 18.3 Å². The van der Waals surface area contributed by atoms with Gasteiger partial charge in [0.25, 0.3) is 0 Å². The topological polar surface area (TPSA) is 50.5 Å². The van der Waals surface area contributed by atoms with Crippen LogP contribution in [0, 0.1) is 0 Å². The number of aromatic nitrogens is 3. The van der Waals surface area contributed by atoms with Crippen molar-refractivity contribution in [1.82, 2.24) is 19.5 Å². The number of piperidine rings is 1. The highest BCUT2D eigenvalue weighted by atomic mass is 35.5. The zero-order valence-corrected chi connectivity index (χ0v) is 12.2. The smallest absolute Gasteiger partial charge is 0.337 e. The highest BCUT2D eigenvalue weighted by Crippen LogP contribution is 2.33. The van der Waals surface area contributed by atoms with Gasteiger partial charge in [0.1, 0.15) is 5.15 Å². The Morgan fingerprint density at radius 1 is 1.27 bits per heavy atom. The van der Waals surface area contributed by atoms with Crippen molar-refractivity contribution >= 4 is 23.2 Å². The molecule has 3 rings (SSSR count). The van der Waals surface area contributed by atoms with Crippen LogP contribution in [0.1, 0.15) is 30.7 Å². The maximum absolute atomic E-state index is 13.2. The molecule has 0 radical (unpaired) electrons. The second-order valence-electron chi connectivity index (χ2n) is 5.10. The van der Waals surface area contributed by atoms with Crippen molar-refractivity contribution in [3.8, 4) is 0 Å². The van der Waals surface area contributed by atoms with Gasteiger partial charge in [-0.05, 0) is 25.0 Å². The fraction of sp³-hybridized carbons (Fsp3) is 0.462. The lowest BCUT2D eigenvalue weighted by Gasteiger charge is -2.26. The van der Waals surface area contributed by atoms with E-state index in [0.29, 0.717) is 13.0 Å². The molecule has 0 unspecified atom stereocenters. The highest BCUT2D eigenvalue weighted by molar-refractivity contribution is 6.29. The zero-order chi connectivity index (χ0) is 15.9. The lowest BCUT2D eigenvalue weighted by molar-refractivity contribution is -0.143. The van der Waals surface area contributed by atoms with E-state index in [-0.39, 0.29) is 28.9 Å². The monoisotopic (exact) mass is 332 g/mol. The van der Waals surface area contributed by atoms with Gasteiger partial charge in [-0.15, -0.1) is 0 Å². The summed E-state index contributed by atoms with van der Waals surface area (Å²) in [6.45, 7) is 0.256. The third-order valence-corrected chi connectivity index (χ3v) is 3.77. The van der Waals surface area contributed by atoms with E-state index in [1.807, 2.05) is 0 Å². The molecule has 1 aliphatic heterocycles. The van der Waals surface area contributed by atoms with Gasteiger partial charge in [0.05, 0.1) is 12.2 Å². The average Bonchev–Trinajstić information content (AvgIpc) is 2.80. The SMILES string of the molecule is O=C1CCCCN1Cc1c(C(F)(F)F)nc2ccc(Cl)nn12. The van der Waals surface area contributed by atoms with E-state index in [4.69, 9.17) is 11.6 Å². The predicted octanol–water partition coefficient (Wildman–Crippen LogP) is 2.91. The van der Waals surface area contributed by atoms with Crippen LogP contribution in [0.3, 0.4) is 0 Å². The molecule has 0 saturated carbocycles. The van der Waals surface area contributed by atoms with Gasteiger partial charge < -0.3 is 4.90 Å². The Labute approximate surface area is 128 Å². The lowest BCUT2D eigenvalue weighted by Crippen LogP contribution is -2.35. The molecule has 0 N–H and O–H groups in total. The summed E-state index contributed by atoms with van der Waals surface area (Å²) in [4.78, 5) is 16.9. The minimum absolute atomic E-state index is 0.0520. The van der Waals surface area contributed by atoms with E-state index in [1.54, 1.807) is 0 Å². The summed E-state index contributed by atoms with van der Waals surface area (Å²) >= 11 is 5.76. The molecule has 3 heterocycles. The van der Waals surface area contributed by atoms with Crippen LogP contribution in [0.2, 0.25) is 5.15 Å². The normalized spacial score (nSPS) is 16.5. The van der Waals surface area contributed by atoms with Gasteiger partial charge in [0.2, 0.25) is 5.91 Å². The van der Waals surface area contributed by atoms with E-state index in [2.05, 4.69) is 10.1 Å². The van der Waals surface area contributed by atoms with Crippen molar-refractivity contribution in [3.05, 3.63) is 28.7 Å². The van der Waals surface area contributed by atoms with Crippen LogP contribution in [-0.4, -0.2) is 31.9 Å². The van der Waals surface area contributed by atoms with E-state index in [0.717, 1.165) is 17.4 Å². The molecule has 2 aromatic heterocycles. The van der Waals surface area contributed by atoms with Gasteiger partial charge in [-0.3, -0.25) is 4.79 Å². The van der Waals surface area contributed by atoms with Crippen molar-refractivity contribution in [2.75, 3.05) is 6.54 Å². The molecular weight excluding hydrogens is 321 g/mol. The van der Waals surface area contributed by atoms with E-state index in [1.165, 1.54) is 17.0 Å². The number of halogens is 4. The predicted molar refractivity (Wildman–Crippen MR) is 72.3 cm³/mol. The number of fused-ring (bicyclic) bond motifs is 1. The molecule has 1 fully saturated rings. The maximum atomic E-state index is 13.2. The van der Waals surface area contributed by atoms with Crippen LogP contribution in [0.25, 0.3) is 5.65 Å². The Kier molecular flexibility index (Phi) is 3.72. The lowest BCUT2D eigenvalue weighted by atomic mass is 10.1. The summed E-state index contributed by atoms with van der Waals surface area (Å²) in [7, 11) is 0. The Bertz CT molecular complexity index is 728. The quantitative estimate of drug-likeness (QED) is 0.849. The van der Waals surface area contributed by atoms with Gasteiger partial charge in [0, 0.05) is 13.0 Å². The van der Waals surface area contributed by atoms with Crippen molar-refractivity contribution < 1.29 is 18.0 Å². The first-order valence-corrected chi connectivity index (χ1v) is 7.13. The van der Waals surface area contributed by atoms with Gasteiger partial charge in [-0.25, -0.2) is 9.50 Å². The van der Waals surface area contributed by atoms with Gasteiger partial charge in [-0.1, -0.05) is 11.6 Å². The second-order valence-corrected chi connectivity index (χ2v) is 5.49. The average molecular weight is 333 g/mol. The zero-order valence-electron chi connectivity index (χ0n) is 11.4. The number of rotatable bonds is 2. The number of nitrogens with zero attached hydrogens (tertiary/aromatic N) is 4. The van der Waals surface area contributed by atoms with Crippen molar-refractivity contribution in [1.29, 1.82) is 0 Å². The number of alkyl halides is 3. The number of carbonyl (C=O) groups is 1. The number of hydrogen-bond donors (Lipinski definition) is 0. The largest absolute Gasteiger partial charge is 0.435 e.